The molecule has 2 aromatic rings. The number of rotatable bonds is 9. The Balaban J connectivity index is 1.57. The number of carbonyl (C=O) groups excluding carboxylic acids is 1. The van der Waals surface area contributed by atoms with E-state index in [1.807, 2.05) is 27.7 Å². The van der Waals surface area contributed by atoms with Crippen molar-refractivity contribution in [3.8, 4) is 17.2 Å². The number of Topliss-reactive ketones (excluding diaryl/α,β-unsaturated/α-hetero) is 1. The summed E-state index contributed by atoms with van der Waals surface area (Å²) in [6, 6.07) is 3.07. The molecule has 39 heavy (non-hydrogen) atoms. The third kappa shape index (κ3) is 5.91. The molecule has 10 heteroatoms. The first-order chi connectivity index (χ1) is 18.1. The second kappa shape index (κ2) is 10.4. The normalized spacial score (nSPS) is 22.5. The molecule has 1 aliphatic carbocycles. The number of ether oxygens (including phenoxy) is 3. The molecular formula is C29H41F2N3O5. The molecule has 0 amide bonds. The number of alkyl halides is 2. The van der Waals surface area contributed by atoms with Crippen molar-refractivity contribution in [3.05, 3.63) is 35.7 Å². The van der Waals surface area contributed by atoms with Crippen LogP contribution in [0.5, 0.6) is 17.2 Å². The van der Waals surface area contributed by atoms with E-state index in [2.05, 4.69) is 5.10 Å². The number of halogens is 2. The van der Waals surface area contributed by atoms with E-state index >= 15 is 8.78 Å². The van der Waals surface area contributed by atoms with Gasteiger partial charge in [0, 0.05) is 12.6 Å². The van der Waals surface area contributed by atoms with E-state index in [9.17, 15) is 9.90 Å². The fourth-order valence-corrected chi connectivity index (χ4v) is 6.97. The summed E-state index contributed by atoms with van der Waals surface area (Å²) in [6.07, 6.45) is 0.753. The van der Waals surface area contributed by atoms with Crippen molar-refractivity contribution in [1.82, 2.24) is 14.7 Å². The van der Waals surface area contributed by atoms with Crippen molar-refractivity contribution in [2.24, 2.45) is 10.8 Å². The van der Waals surface area contributed by atoms with Crippen LogP contribution in [0, 0.1) is 17.8 Å². The highest BCUT2D eigenvalue weighted by molar-refractivity contribution is 5.93. The molecule has 1 N–H and O–H groups in total. The number of benzene rings is 1. The first-order valence-electron chi connectivity index (χ1n) is 13.4. The quantitative estimate of drug-likeness (QED) is 0.413. The van der Waals surface area contributed by atoms with Gasteiger partial charge in [0.05, 0.1) is 25.6 Å². The maximum absolute atomic E-state index is 16.1. The van der Waals surface area contributed by atoms with Crippen LogP contribution in [-0.4, -0.2) is 58.0 Å². The summed E-state index contributed by atoms with van der Waals surface area (Å²) in [5, 5.41) is 15.9. The Morgan fingerprint density at radius 2 is 1.72 bits per heavy atom. The molecule has 0 radical (unpaired) electrons. The smallest absolute Gasteiger partial charge is 0.368 e. The largest absolute Gasteiger partial charge is 0.493 e. The van der Waals surface area contributed by atoms with Crippen LogP contribution in [0.3, 0.4) is 0 Å². The monoisotopic (exact) mass is 549 g/mol. The number of nitrogens with zero attached hydrogens (tertiary/aromatic N) is 3. The lowest BCUT2D eigenvalue weighted by Crippen LogP contribution is -2.61. The zero-order chi connectivity index (χ0) is 28.8. The lowest BCUT2D eigenvalue weighted by molar-refractivity contribution is -0.211. The second-order valence-corrected chi connectivity index (χ2v) is 12.6. The van der Waals surface area contributed by atoms with E-state index < -0.39 is 34.4 Å². The van der Waals surface area contributed by atoms with Crippen molar-refractivity contribution in [1.29, 1.82) is 0 Å². The van der Waals surface area contributed by atoms with Crippen LogP contribution in [0.15, 0.2) is 24.3 Å². The van der Waals surface area contributed by atoms with E-state index in [-0.39, 0.29) is 26.0 Å². The molecule has 1 aromatic carbocycles. The second-order valence-electron chi connectivity index (χ2n) is 12.6. The molecule has 1 saturated heterocycles. The van der Waals surface area contributed by atoms with Gasteiger partial charge in [0.1, 0.15) is 24.1 Å². The molecule has 0 bridgehead atoms. The van der Waals surface area contributed by atoms with Gasteiger partial charge in [-0.2, -0.15) is 13.9 Å². The van der Waals surface area contributed by atoms with Gasteiger partial charge in [0.2, 0.25) is 5.78 Å². The maximum atomic E-state index is 16.1. The van der Waals surface area contributed by atoms with Crippen molar-refractivity contribution in [3.63, 3.8) is 0 Å². The molecule has 2 aliphatic rings. The highest BCUT2D eigenvalue weighted by atomic mass is 19.3. The standard InChI is InChI=1S/C29H41F2N3O5/c1-19-13-20(15-39-21-10-11-22(37-6)23(14-21)38-7)34(32-19)24-9-8-12-33(24)29(30,31)25(35)28(36)17-26(2,3)16-27(4,5)18-28/h10-11,13-14,24,36H,8-9,12,15-18H2,1-7H3/t24-/m0/s1. The number of hydrogen-bond donors (Lipinski definition) is 1. The minimum atomic E-state index is -3.86. The summed E-state index contributed by atoms with van der Waals surface area (Å²) >= 11 is 0. The predicted molar refractivity (Wildman–Crippen MR) is 142 cm³/mol. The average Bonchev–Trinajstić information content (AvgIpc) is 3.46. The Kier molecular flexibility index (Phi) is 7.77. The summed E-state index contributed by atoms with van der Waals surface area (Å²) in [5.74, 6) is 0.166. The number of likely N-dealkylation sites (tertiary alicyclic amines) is 1. The minimum Gasteiger partial charge on any atom is -0.493 e. The van der Waals surface area contributed by atoms with Crippen LogP contribution >= 0.6 is 0 Å². The Morgan fingerprint density at radius 1 is 1.08 bits per heavy atom. The Bertz CT molecular complexity index is 1190. The number of ketones is 1. The molecule has 1 aliphatic heterocycles. The summed E-state index contributed by atoms with van der Waals surface area (Å²) in [4.78, 5) is 14.4. The van der Waals surface area contributed by atoms with E-state index in [0.717, 1.165) is 11.3 Å². The lowest BCUT2D eigenvalue weighted by atomic mass is 9.58. The number of carbonyl (C=O) groups is 1. The van der Waals surface area contributed by atoms with Gasteiger partial charge in [-0.3, -0.25) is 4.79 Å². The summed E-state index contributed by atoms with van der Waals surface area (Å²) in [5.41, 5.74) is -1.75. The lowest BCUT2D eigenvalue weighted by Gasteiger charge is -2.50. The van der Waals surface area contributed by atoms with E-state index in [1.54, 1.807) is 38.3 Å². The molecule has 1 aromatic heterocycles. The molecule has 1 saturated carbocycles. The minimum absolute atomic E-state index is 0.00164. The van der Waals surface area contributed by atoms with Crippen molar-refractivity contribution < 1.29 is 32.9 Å². The maximum Gasteiger partial charge on any atom is 0.368 e. The molecule has 2 fully saturated rings. The highest BCUT2D eigenvalue weighted by Crippen LogP contribution is 2.52. The van der Waals surface area contributed by atoms with Crippen LogP contribution < -0.4 is 14.2 Å². The summed E-state index contributed by atoms with van der Waals surface area (Å²) in [6.45, 7) is 9.54. The average molecular weight is 550 g/mol. The van der Waals surface area contributed by atoms with E-state index in [1.165, 1.54) is 11.8 Å². The van der Waals surface area contributed by atoms with Crippen LogP contribution in [0.1, 0.15) is 77.4 Å². The molecule has 4 rings (SSSR count). The molecule has 2 heterocycles. The van der Waals surface area contributed by atoms with Gasteiger partial charge in [0.15, 0.2) is 11.5 Å². The summed E-state index contributed by atoms with van der Waals surface area (Å²) < 4.78 is 50.2. The molecule has 216 valence electrons. The number of hydrogen-bond acceptors (Lipinski definition) is 7. The Morgan fingerprint density at radius 3 is 2.33 bits per heavy atom. The van der Waals surface area contributed by atoms with Crippen LogP contribution in [0.25, 0.3) is 0 Å². The topological polar surface area (TPSA) is 86.1 Å². The fourth-order valence-electron chi connectivity index (χ4n) is 6.97. The third-order valence-corrected chi connectivity index (χ3v) is 7.74. The summed E-state index contributed by atoms with van der Waals surface area (Å²) in [7, 11) is 3.07. The SMILES string of the molecule is COc1ccc(OCc2cc(C)nn2[C@H]2CCCN2C(F)(F)C(=O)C2(O)CC(C)(C)CC(C)(C)C2)cc1OC. The van der Waals surface area contributed by atoms with Gasteiger partial charge in [-0.25, -0.2) is 9.58 Å². The Hall–Kier alpha value is -2.72. The van der Waals surface area contributed by atoms with Gasteiger partial charge in [-0.1, -0.05) is 27.7 Å². The fraction of sp³-hybridized carbons (Fsp3) is 0.655. The van der Waals surface area contributed by atoms with Gasteiger partial charge in [-0.15, -0.1) is 0 Å². The molecule has 0 spiro atoms. The van der Waals surface area contributed by atoms with Gasteiger partial charge >= 0.3 is 6.05 Å². The van der Waals surface area contributed by atoms with Gasteiger partial charge in [-0.05, 0) is 68.1 Å². The molecular weight excluding hydrogens is 508 g/mol. The van der Waals surface area contributed by atoms with E-state index in [4.69, 9.17) is 14.2 Å². The zero-order valence-corrected chi connectivity index (χ0v) is 24.0. The van der Waals surface area contributed by atoms with Crippen molar-refractivity contribution in [2.45, 2.75) is 91.1 Å². The van der Waals surface area contributed by atoms with Crippen LogP contribution in [-0.2, 0) is 11.4 Å². The van der Waals surface area contributed by atoms with Crippen LogP contribution in [0.4, 0.5) is 8.78 Å². The number of aliphatic hydroxyl groups is 1. The van der Waals surface area contributed by atoms with Gasteiger partial charge in [0.25, 0.3) is 0 Å². The Labute approximate surface area is 229 Å². The number of aryl methyl sites for hydroxylation is 1. The van der Waals surface area contributed by atoms with Crippen molar-refractivity contribution in [2.75, 3.05) is 20.8 Å². The van der Waals surface area contributed by atoms with Gasteiger partial charge < -0.3 is 19.3 Å². The van der Waals surface area contributed by atoms with Crippen molar-refractivity contribution >= 4 is 5.78 Å². The van der Waals surface area contributed by atoms with E-state index in [0.29, 0.717) is 41.5 Å². The first-order valence-corrected chi connectivity index (χ1v) is 13.4. The molecule has 1 atom stereocenters. The number of methoxy groups -OCH3 is 2. The third-order valence-electron chi connectivity index (χ3n) is 7.74. The highest BCUT2D eigenvalue weighted by Gasteiger charge is 2.61. The van der Waals surface area contributed by atoms with Crippen LogP contribution in [0.2, 0.25) is 0 Å². The predicted octanol–water partition coefficient (Wildman–Crippen LogP) is 5.51. The first kappa shape index (κ1) is 29.3. The zero-order valence-electron chi connectivity index (χ0n) is 24.0. The molecule has 0 unspecified atom stereocenters. The molecule has 8 nitrogen and oxygen atoms in total. The number of aromatic nitrogens is 2.